The van der Waals surface area contributed by atoms with Crippen LogP contribution in [-0.4, -0.2) is 34.0 Å². The lowest BCUT2D eigenvalue weighted by Gasteiger charge is -2.26. The molecule has 0 unspecified atom stereocenters. The number of rotatable bonds is 6. The normalized spacial score (nSPS) is 13.4. The molecule has 0 fully saturated rings. The fourth-order valence-corrected chi connectivity index (χ4v) is 9.13. The van der Waals surface area contributed by atoms with Gasteiger partial charge in [-0.05, 0) is 0 Å². The first-order chi connectivity index (χ1) is 8.02. The lowest BCUT2D eigenvalue weighted by molar-refractivity contribution is -0.189. The summed E-state index contributed by atoms with van der Waals surface area (Å²) in [5.74, 6) is -2.67. The van der Waals surface area contributed by atoms with Gasteiger partial charge < -0.3 is 4.18 Å². The van der Waals surface area contributed by atoms with Crippen molar-refractivity contribution in [3.8, 4) is 0 Å². The van der Waals surface area contributed by atoms with Crippen LogP contribution in [0.25, 0.3) is 0 Å². The van der Waals surface area contributed by atoms with Crippen LogP contribution < -0.4 is 0 Å². The van der Waals surface area contributed by atoms with E-state index in [-0.39, 0.29) is 0 Å². The highest BCUT2D eigenvalue weighted by molar-refractivity contribution is 7.89. The van der Waals surface area contributed by atoms with Gasteiger partial charge in [0.1, 0.15) is 0 Å². The van der Waals surface area contributed by atoms with Gasteiger partial charge in [0.25, 0.3) is 0 Å². The molecular weight excluding hydrogens is 289 g/mol. The van der Waals surface area contributed by atoms with E-state index in [9.17, 15) is 26.4 Å². The first-order valence-corrected chi connectivity index (χ1v) is 9.96. The van der Waals surface area contributed by atoms with Crippen molar-refractivity contribution >= 4 is 24.2 Å². The van der Waals surface area contributed by atoms with E-state index < -0.39 is 35.7 Å². The molecule has 0 aromatic rings. The van der Waals surface area contributed by atoms with Crippen LogP contribution in [0.5, 0.6) is 0 Å². The van der Waals surface area contributed by atoms with E-state index >= 15 is 0 Å². The van der Waals surface area contributed by atoms with Crippen LogP contribution in [0.1, 0.15) is 20.8 Å². The molecule has 0 atom stereocenters. The highest BCUT2D eigenvalue weighted by atomic mass is 32.2. The molecule has 0 aliphatic rings. The van der Waals surface area contributed by atoms with Gasteiger partial charge in [0, 0.05) is 0 Å². The maximum Gasteiger partial charge on any atom is 0.492 e. The van der Waals surface area contributed by atoms with Crippen LogP contribution in [0.4, 0.5) is 13.2 Å². The van der Waals surface area contributed by atoms with Crippen molar-refractivity contribution in [1.29, 1.82) is 0 Å². The molecule has 0 N–H and O–H groups in total. The Hall–Kier alpha value is -0.573. The highest BCUT2D eigenvalue weighted by Gasteiger charge is 2.45. The van der Waals surface area contributed by atoms with Crippen LogP contribution in [0.2, 0.25) is 18.1 Å². The molecule has 0 rings (SSSR count). The Morgan fingerprint density at radius 2 is 1.50 bits per heavy atom. The Morgan fingerprint density at radius 1 is 1.11 bits per heavy atom. The number of hydrogen-bond acceptors (Lipinski definition) is 4. The zero-order valence-corrected chi connectivity index (χ0v) is 12.3. The second-order valence-corrected chi connectivity index (χ2v) is 11.7. The maximum absolute atomic E-state index is 11.9. The Labute approximate surface area is 106 Å². The van der Waals surface area contributed by atoms with Gasteiger partial charge in [-0.25, -0.2) is 4.79 Å². The molecule has 0 radical (unpaired) electrons. The highest BCUT2D eigenvalue weighted by Crippen LogP contribution is 2.24. The van der Waals surface area contributed by atoms with Gasteiger partial charge in [-0.3, -0.25) is 0 Å². The van der Waals surface area contributed by atoms with E-state index in [1.165, 1.54) is 0 Å². The molecule has 0 bridgehead atoms. The predicted molar refractivity (Wildman–Crippen MR) is 63.1 cm³/mol. The second-order valence-electron chi connectivity index (χ2n) is 4.13. The Kier molecular flexibility index (Phi) is 5.85. The van der Waals surface area contributed by atoms with E-state index in [1.807, 2.05) is 0 Å². The van der Waals surface area contributed by atoms with Crippen molar-refractivity contribution in [3.05, 3.63) is 0 Å². The van der Waals surface area contributed by atoms with Crippen molar-refractivity contribution in [3.63, 3.8) is 0 Å². The first kappa shape index (κ1) is 17.4. The third kappa shape index (κ3) is 4.97. The molecule has 0 aliphatic heterocycles. The number of halogens is 3. The van der Waals surface area contributed by atoms with Gasteiger partial charge in [0.2, 0.25) is 0 Å². The SMILES string of the molecule is CC[Si](CC)(CC)CS(=O)(=O)OC(=O)C(F)(F)F. The first-order valence-electron chi connectivity index (χ1n) is 5.55. The molecular formula is C9H17F3O4SSi. The summed E-state index contributed by atoms with van der Waals surface area (Å²) in [7, 11) is -6.68. The summed E-state index contributed by atoms with van der Waals surface area (Å²) < 4.78 is 62.3. The Bertz CT molecular complexity index is 379. The molecule has 0 heterocycles. The van der Waals surface area contributed by atoms with Crippen molar-refractivity contribution < 1.29 is 30.6 Å². The molecule has 0 aliphatic carbocycles. The zero-order chi connectivity index (χ0) is 14.6. The molecule has 4 nitrogen and oxygen atoms in total. The molecule has 9 heteroatoms. The third-order valence-corrected chi connectivity index (χ3v) is 11.9. The number of hydrogen-bond donors (Lipinski definition) is 0. The smallest absolute Gasteiger partial charge is 0.338 e. The van der Waals surface area contributed by atoms with Crippen LogP contribution in [0.15, 0.2) is 0 Å². The monoisotopic (exact) mass is 306 g/mol. The Morgan fingerprint density at radius 3 is 1.78 bits per heavy atom. The molecule has 0 amide bonds. The topological polar surface area (TPSA) is 60.4 Å². The van der Waals surface area contributed by atoms with E-state index in [0.717, 1.165) is 0 Å². The van der Waals surface area contributed by atoms with E-state index in [2.05, 4.69) is 4.18 Å². The third-order valence-electron chi connectivity index (χ3n) is 3.17. The standard InChI is InChI=1S/C9H17F3O4SSi/c1-4-18(5-2,6-3)7-17(14,15)16-8(13)9(10,11)12/h4-7H2,1-3H3. The largest absolute Gasteiger partial charge is 0.492 e. The summed E-state index contributed by atoms with van der Waals surface area (Å²) in [4.78, 5) is 10.5. The van der Waals surface area contributed by atoms with Crippen molar-refractivity contribution in [1.82, 2.24) is 0 Å². The summed E-state index contributed by atoms with van der Waals surface area (Å²) in [6.45, 7) is 5.42. The van der Waals surface area contributed by atoms with Gasteiger partial charge in [0.15, 0.2) is 0 Å². The number of alkyl halides is 3. The molecule has 0 spiro atoms. The van der Waals surface area contributed by atoms with Gasteiger partial charge in [-0.15, -0.1) is 0 Å². The molecule has 0 aromatic carbocycles. The lowest BCUT2D eigenvalue weighted by Crippen LogP contribution is -2.42. The van der Waals surface area contributed by atoms with Crippen molar-refractivity contribution in [2.45, 2.75) is 45.1 Å². The van der Waals surface area contributed by atoms with E-state index in [0.29, 0.717) is 18.1 Å². The average Bonchev–Trinajstić information content (AvgIpc) is 2.24. The Balaban J connectivity index is 4.92. The minimum Gasteiger partial charge on any atom is -0.338 e. The van der Waals surface area contributed by atoms with Gasteiger partial charge in [0.05, 0.1) is 13.5 Å². The van der Waals surface area contributed by atoms with Gasteiger partial charge in [-0.1, -0.05) is 38.9 Å². The van der Waals surface area contributed by atoms with Gasteiger partial charge in [-0.2, -0.15) is 21.6 Å². The molecule has 0 saturated carbocycles. The average molecular weight is 306 g/mol. The predicted octanol–water partition coefficient (Wildman–Crippen LogP) is 2.47. The van der Waals surface area contributed by atoms with Crippen molar-refractivity contribution in [2.75, 3.05) is 5.38 Å². The summed E-state index contributed by atoms with van der Waals surface area (Å²) in [5.41, 5.74) is 0. The number of carbonyl (C=O) groups excluding carboxylic acids is 1. The van der Waals surface area contributed by atoms with Gasteiger partial charge >= 0.3 is 22.3 Å². The fourth-order valence-electron chi connectivity index (χ4n) is 1.62. The molecule has 18 heavy (non-hydrogen) atoms. The van der Waals surface area contributed by atoms with Crippen molar-refractivity contribution in [2.24, 2.45) is 0 Å². The van der Waals surface area contributed by atoms with Crippen LogP contribution in [0.3, 0.4) is 0 Å². The molecule has 108 valence electrons. The lowest BCUT2D eigenvalue weighted by atomic mass is 10.7. The summed E-state index contributed by atoms with van der Waals surface area (Å²) >= 11 is 0. The summed E-state index contributed by atoms with van der Waals surface area (Å²) in [6, 6.07) is 1.84. The molecule has 0 saturated heterocycles. The zero-order valence-electron chi connectivity index (χ0n) is 10.5. The minimum atomic E-state index is -5.29. The quantitative estimate of drug-likeness (QED) is 0.559. The van der Waals surface area contributed by atoms with Crippen LogP contribution >= 0.6 is 0 Å². The molecule has 0 aromatic heterocycles. The van der Waals surface area contributed by atoms with Crippen LogP contribution in [0, 0.1) is 0 Å². The second kappa shape index (κ2) is 6.05. The van der Waals surface area contributed by atoms with E-state index in [4.69, 9.17) is 0 Å². The van der Waals surface area contributed by atoms with E-state index in [1.54, 1.807) is 20.8 Å². The summed E-state index contributed by atoms with van der Waals surface area (Å²) in [6.07, 6.45) is -5.29. The number of carbonyl (C=O) groups is 1. The fraction of sp³-hybridized carbons (Fsp3) is 0.889. The summed E-state index contributed by atoms with van der Waals surface area (Å²) in [5, 5.41) is -0.453. The minimum absolute atomic E-state index is 0.453. The van der Waals surface area contributed by atoms with Crippen LogP contribution in [-0.2, 0) is 19.1 Å². The maximum atomic E-state index is 11.9.